The number of rotatable bonds is 2. The summed E-state index contributed by atoms with van der Waals surface area (Å²) in [6.07, 6.45) is 4.33. The summed E-state index contributed by atoms with van der Waals surface area (Å²) in [5.41, 5.74) is 6.38. The average Bonchev–Trinajstić information content (AvgIpc) is 2.46. The zero-order valence-corrected chi connectivity index (χ0v) is 6.59. The van der Waals surface area contributed by atoms with E-state index in [2.05, 4.69) is 9.97 Å². The van der Waals surface area contributed by atoms with Crippen LogP contribution < -0.4 is 5.73 Å². The molecule has 0 aliphatic rings. The third kappa shape index (κ3) is 3.25. The van der Waals surface area contributed by atoms with Gasteiger partial charge in [-0.25, -0.2) is 4.98 Å². The smallest absolute Gasteiger partial charge is 0.0921 e. The minimum absolute atomic E-state index is 0.683. The van der Waals surface area contributed by atoms with Crippen LogP contribution in [0.1, 0.15) is 19.5 Å². The van der Waals surface area contributed by atoms with E-state index in [1.165, 1.54) is 0 Å². The van der Waals surface area contributed by atoms with Crippen molar-refractivity contribution in [2.24, 2.45) is 5.73 Å². The maximum Gasteiger partial charge on any atom is 0.0921 e. The van der Waals surface area contributed by atoms with E-state index in [0.29, 0.717) is 6.54 Å². The highest BCUT2D eigenvalue weighted by molar-refractivity contribution is 4.93. The van der Waals surface area contributed by atoms with Crippen LogP contribution in [0.2, 0.25) is 0 Å². The van der Waals surface area contributed by atoms with Crippen LogP contribution in [0.5, 0.6) is 0 Å². The molecule has 0 bridgehead atoms. The molecule has 0 unspecified atom stereocenters. The summed E-state index contributed by atoms with van der Waals surface area (Å²) in [7, 11) is 0. The van der Waals surface area contributed by atoms with Gasteiger partial charge in [0.1, 0.15) is 0 Å². The summed E-state index contributed by atoms with van der Waals surface area (Å²) >= 11 is 0. The van der Waals surface area contributed by atoms with Crippen molar-refractivity contribution in [1.29, 1.82) is 0 Å². The molecule has 58 valence electrons. The molecule has 1 aromatic heterocycles. The highest BCUT2D eigenvalue weighted by Gasteiger charge is 1.86. The lowest BCUT2D eigenvalue weighted by molar-refractivity contribution is 0.935. The third-order valence-corrected chi connectivity index (χ3v) is 0.969. The van der Waals surface area contributed by atoms with Crippen molar-refractivity contribution >= 4 is 0 Å². The molecule has 0 aliphatic heterocycles. The molecule has 0 radical (unpaired) electrons. The maximum absolute atomic E-state index is 5.27. The van der Waals surface area contributed by atoms with Crippen molar-refractivity contribution in [2.45, 2.75) is 20.3 Å². The van der Waals surface area contributed by atoms with Crippen LogP contribution >= 0.6 is 0 Å². The summed E-state index contributed by atoms with van der Waals surface area (Å²) < 4.78 is 0. The Bertz CT molecular complexity index is 135. The van der Waals surface area contributed by atoms with Crippen molar-refractivity contribution in [2.75, 3.05) is 6.54 Å². The molecule has 3 nitrogen and oxygen atoms in total. The Balaban J connectivity index is 0.000000371. The van der Waals surface area contributed by atoms with E-state index in [1.54, 1.807) is 12.5 Å². The van der Waals surface area contributed by atoms with Crippen LogP contribution in [0.3, 0.4) is 0 Å². The first-order chi connectivity index (χ1) is 4.93. The van der Waals surface area contributed by atoms with Gasteiger partial charge in [0.05, 0.1) is 6.33 Å². The first-order valence-electron chi connectivity index (χ1n) is 3.61. The largest absolute Gasteiger partial charge is 0.348 e. The molecule has 0 saturated heterocycles. The molecule has 1 rings (SSSR count). The Hall–Kier alpha value is -0.830. The first-order valence-corrected chi connectivity index (χ1v) is 3.61. The van der Waals surface area contributed by atoms with Gasteiger partial charge in [0.15, 0.2) is 0 Å². The van der Waals surface area contributed by atoms with E-state index in [1.807, 2.05) is 13.8 Å². The van der Waals surface area contributed by atoms with Gasteiger partial charge in [-0.2, -0.15) is 0 Å². The van der Waals surface area contributed by atoms with Crippen LogP contribution in [0.15, 0.2) is 12.5 Å². The summed E-state index contributed by atoms with van der Waals surface area (Å²) in [5.74, 6) is 0. The number of imidazole rings is 1. The second-order valence-electron chi connectivity index (χ2n) is 1.62. The monoisotopic (exact) mass is 141 g/mol. The third-order valence-electron chi connectivity index (χ3n) is 0.969. The van der Waals surface area contributed by atoms with Gasteiger partial charge in [-0.1, -0.05) is 13.8 Å². The fraction of sp³-hybridized carbons (Fsp3) is 0.571. The van der Waals surface area contributed by atoms with Crippen LogP contribution in [0, 0.1) is 0 Å². The zero-order chi connectivity index (χ0) is 7.82. The summed E-state index contributed by atoms with van der Waals surface area (Å²) in [4.78, 5) is 6.78. The van der Waals surface area contributed by atoms with E-state index in [4.69, 9.17) is 5.73 Å². The van der Waals surface area contributed by atoms with Crippen molar-refractivity contribution in [1.82, 2.24) is 9.97 Å². The number of aromatic amines is 1. The van der Waals surface area contributed by atoms with E-state index in [0.717, 1.165) is 12.1 Å². The number of hydrogen-bond acceptors (Lipinski definition) is 2. The number of H-pyrrole nitrogens is 1. The summed E-state index contributed by atoms with van der Waals surface area (Å²) in [6, 6.07) is 0. The van der Waals surface area contributed by atoms with E-state index >= 15 is 0 Å². The Labute approximate surface area is 61.7 Å². The summed E-state index contributed by atoms with van der Waals surface area (Å²) in [5, 5.41) is 0. The Morgan fingerprint density at radius 2 is 2.30 bits per heavy atom. The highest BCUT2D eigenvalue weighted by Crippen LogP contribution is 1.88. The minimum Gasteiger partial charge on any atom is -0.348 e. The number of nitrogens with one attached hydrogen (secondary N) is 1. The van der Waals surface area contributed by atoms with Crippen molar-refractivity contribution < 1.29 is 0 Å². The molecular weight excluding hydrogens is 126 g/mol. The van der Waals surface area contributed by atoms with Gasteiger partial charge in [-0.15, -0.1) is 0 Å². The Morgan fingerprint density at radius 1 is 1.60 bits per heavy atom. The van der Waals surface area contributed by atoms with Crippen molar-refractivity contribution in [3.8, 4) is 0 Å². The molecule has 0 saturated carbocycles. The van der Waals surface area contributed by atoms with Gasteiger partial charge >= 0.3 is 0 Å². The van der Waals surface area contributed by atoms with Gasteiger partial charge in [-0.3, -0.25) is 0 Å². The maximum atomic E-state index is 5.27. The second kappa shape index (κ2) is 6.29. The topological polar surface area (TPSA) is 54.7 Å². The lowest BCUT2D eigenvalue weighted by Crippen LogP contribution is -2.02. The van der Waals surface area contributed by atoms with Gasteiger partial charge < -0.3 is 10.7 Å². The molecule has 3 heteroatoms. The number of hydrogen-bond donors (Lipinski definition) is 2. The second-order valence-corrected chi connectivity index (χ2v) is 1.62. The molecule has 0 fully saturated rings. The number of nitrogens with zero attached hydrogens (tertiary/aromatic N) is 1. The zero-order valence-electron chi connectivity index (χ0n) is 6.59. The molecule has 3 N–H and O–H groups in total. The van der Waals surface area contributed by atoms with E-state index in [9.17, 15) is 0 Å². The minimum atomic E-state index is 0.683. The molecule has 0 aromatic carbocycles. The molecule has 0 spiro atoms. The quantitative estimate of drug-likeness (QED) is 0.644. The lowest BCUT2D eigenvalue weighted by atomic mass is 10.3. The molecule has 10 heavy (non-hydrogen) atoms. The summed E-state index contributed by atoms with van der Waals surface area (Å²) in [6.45, 7) is 4.68. The SMILES string of the molecule is CC.NCCc1cnc[nH]1. The van der Waals surface area contributed by atoms with Crippen molar-refractivity contribution in [3.63, 3.8) is 0 Å². The number of aromatic nitrogens is 2. The molecule has 1 heterocycles. The Kier molecular flexibility index (Phi) is 5.77. The molecule has 0 aliphatic carbocycles. The van der Waals surface area contributed by atoms with Crippen LogP contribution in [-0.4, -0.2) is 16.5 Å². The van der Waals surface area contributed by atoms with Gasteiger partial charge in [0, 0.05) is 18.3 Å². The lowest BCUT2D eigenvalue weighted by Gasteiger charge is -1.86. The van der Waals surface area contributed by atoms with Crippen LogP contribution in [-0.2, 0) is 6.42 Å². The first kappa shape index (κ1) is 9.17. The van der Waals surface area contributed by atoms with Gasteiger partial charge in [0.2, 0.25) is 0 Å². The van der Waals surface area contributed by atoms with Crippen molar-refractivity contribution in [3.05, 3.63) is 18.2 Å². The molecule has 0 amide bonds. The van der Waals surface area contributed by atoms with Crippen LogP contribution in [0.25, 0.3) is 0 Å². The van der Waals surface area contributed by atoms with Gasteiger partial charge in [0.25, 0.3) is 0 Å². The molecule has 1 aromatic rings. The predicted molar refractivity (Wildman–Crippen MR) is 42.7 cm³/mol. The fourth-order valence-electron chi connectivity index (χ4n) is 0.577. The standard InChI is InChI=1S/C5H9N3.C2H6/c6-2-1-5-3-7-4-8-5;1-2/h3-4H,1-2,6H2,(H,7,8);1-2H3. The Morgan fingerprint density at radius 3 is 2.70 bits per heavy atom. The molecular formula is C7H15N3. The molecule has 0 atom stereocenters. The predicted octanol–water partition coefficient (Wildman–Crippen LogP) is 0.937. The van der Waals surface area contributed by atoms with Gasteiger partial charge in [-0.05, 0) is 6.54 Å². The number of nitrogens with two attached hydrogens (primary N) is 1. The normalized spacial score (nSPS) is 8.30. The highest BCUT2D eigenvalue weighted by atomic mass is 14.9. The van der Waals surface area contributed by atoms with E-state index in [-0.39, 0.29) is 0 Å². The fourth-order valence-corrected chi connectivity index (χ4v) is 0.577. The average molecular weight is 141 g/mol. The van der Waals surface area contributed by atoms with Crippen LogP contribution in [0.4, 0.5) is 0 Å². The van der Waals surface area contributed by atoms with E-state index < -0.39 is 0 Å².